The maximum absolute atomic E-state index is 12.8. The van der Waals surface area contributed by atoms with Gasteiger partial charge >= 0.3 is 6.18 Å². The van der Waals surface area contributed by atoms with E-state index in [0.717, 1.165) is 21.8 Å². The predicted molar refractivity (Wildman–Crippen MR) is 89.6 cm³/mol. The van der Waals surface area contributed by atoms with Crippen LogP contribution in [0.25, 0.3) is 0 Å². The van der Waals surface area contributed by atoms with Crippen LogP contribution in [0.4, 0.5) is 18.9 Å². The second-order valence-electron chi connectivity index (χ2n) is 5.79. The van der Waals surface area contributed by atoms with Crippen molar-refractivity contribution in [1.82, 2.24) is 4.57 Å². The van der Waals surface area contributed by atoms with Gasteiger partial charge in [-0.05, 0) is 37.5 Å². The van der Waals surface area contributed by atoms with Crippen LogP contribution in [0.3, 0.4) is 0 Å². The Balaban J connectivity index is 2.34. The minimum Gasteiger partial charge on any atom is -0.324 e. The fourth-order valence-electron chi connectivity index (χ4n) is 2.53. The van der Waals surface area contributed by atoms with Crippen LogP contribution in [-0.2, 0) is 17.4 Å². The Morgan fingerprint density at radius 1 is 1.24 bits per heavy atom. The topological polar surface area (TPSA) is 51.1 Å². The number of benzene rings is 1. The zero-order valence-corrected chi connectivity index (χ0v) is 14.1. The number of aryl methyl sites for hydroxylation is 2. The monoisotopic (exact) mass is 352 g/mol. The number of anilines is 1. The van der Waals surface area contributed by atoms with E-state index in [9.17, 15) is 22.8 Å². The van der Waals surface area contributed by atoms with Gasteiger partial charge in [-0.15, -0.1) is 0 Å². The van der Waals surface area contributed by atoms with Crippen molar-refractivity contribution in [3.8, 4) is 0 Å². The minimum atomic E-state index is -4.59. The highest BCUT2D eigenvalue weighted by Gasteiger charge is 2.32. The molecule has 0 fully saturated rings. The highest BCUT2D eigenvalue weighted by molar-refractivity contribution is 5.94. The third kappa shape index (κ3) is 4.10. The van der Waals surface area contributed by atoms with Gasteiger partial charge in [0.05, 0.1) is 5.56 Å². The molecule has 7 heteroatoms. The molecule has 1 unspecified atom stereocenters. The number of rotatable bonds is 4. The third-order valence-electron chi connectivity index (χ3n) is 4.05. The number of carbonyl (C=O) groups is 1. The van der Waals surface area contributed by atoms with Crippen LogP contribution in [0.5, 0.6) is 0 Å². The number of hydrogen-bond acceptors (Lipinski definition) is 2. The quantitative estimate of drug-likeness (QED) is 0.906. The maximum Gasteiger partial charge on any atom is 0.417 e. The molecule has 25 heavy (non-hydrogen) atoms. The van der Waals surface area contributed by atoms with E-state index in [-0.39, 0.29) is 0 Å². The molecule has 2 aromatic rings. The van der Waals surface area contributed by atoms with E-state index in [2.05, 4.69) is 5.32 Å². The van der Waals surface area contributed by atoms with Crippen LogP contribution in [0, 0.1) is 6.92 Å². The number of para-hydroxylation sites is 1. The minimum absolute atomic E-state index is 0.551. The lowest BCUT2D eigenvalue weighted by Gasteiger charge is -2.19. The Morgan fingerprint density at radius 2 is 1.92 bits per heavy atom. The van der Waals surface area contributed by atoms with Gasteiger partial charge in [0, 0.05) is 18.0 Å². The van der Waals surface area contributed by atoms with Gasteiger partial charge in [-0.3, -0.25) is 9.59 Å². The van der Waals surface area contributed by atoms with Gasteiger partial charge in [0.1, 0.15) is 6.04 Å². The van der Waals surface area contributed by atoms with Crippen molar-refractivity contribution < 1.29 is 18.0 Å². The Kier molecular flexibility index (Phi) is 5.35. The lowest BCUT2D eigenvalue weighted by atomic mass is 10.1. The average Bonchev–Trinajstić information content (AvgIpc) is 2.55. The molecule has 1 heterocycles. The summed E-state index contributed by atoms with van der Waals surface area (Å²) in [5, 5.41) is 2.73. The number of nitrogens with zero attached hydrogens (tertiary/aromatic N) is 1. The van der Waals surface area contributed by atoms with E-state index in [4.69, 9.17) is 0 Å². The number of pyridine rings is 1. The highest BCUT2D eigenvalue weighted by atomic mass is 19.4. The van der Waals surface area contributed by atoms with Crippen molar-refractivity contribution in [2.24, 2.45) is 0 Å². The molecule has 0 saturated carbocycles. The Bertz CT molecular complexity index is 841. The number of amides is 1. The van der Waals surface area contributed by atoms with Gasteiger partial charge in [0.2, 0.25) is 5.91 Å². The first kappa shape index (κ1) is 18.8. The molecular formula is C18H19F3N2O2. The normalized spacial score (nSPS) is 12.7. The largest absolute Gasteiger partial charge is 0.417 e. The summed E-state index contributed by atoms with van der Waals surface area (Å²) in [5.74, 6) is -0.551. The molecule has 2 rings (SSSR count). The first-order valence-electron chi connectivity index (χ1n) is 7.84. The van der Waals surface area contributed by atoms with Gasteiger partial charge in [-0.1, -0.05) is 25.1 Å². The average molecular weight is 352 g/mol. The van der Waals surface area contributed by atoms with Crippen molar-refractivity contribution in [2.45, 2.75) is 39.4 Å². The first-order chi connectivity index (χ1) is 11.6. The van der Waals surface area contributed by atoms with Crippen LogP contribution in [0.15, 0.2) is 41.3 Å². The molecule has 1 N–H and O–H groups in total. The smallest absolute Gasteiger partial charge is 0.324 e. The second-order valence-corrected chi connectivity index (χ2v) is 5.79. The number of aromatic nitrogens is 1. The summed E-state index contributed by atoms with van der Waals surface area (Å²) in [6.07, 6.45) is -3.22. The van der Waals surface area contributed by atoms with Crippen molar-refractivity contribution in [3.05, 3.63) is 63.6 Å². The standard InChI is InChI=1S/C18H19F3N2O2/c1-4-13-7-5-6-11(2)16(13)22-17(25)12(3)23-10-14(18(19,20)21)8-9-15(23)24/h5-10,12H,4H2,1-3H3,(H,22,25). The molecule has 0 saturated heterocycles. The number of nitrogens with one attached hydrogen (secondary N) is 1. The van der Waals surface area contributed by atoms with Gasteiger partial charge < -0.3 is 9.88 Å². The van der Waals surface area contributed by atoms with E-state index in [1.807, 2.05) is 32.0 Å². The summed E-state index contributed by atoms with van der Waals surface area (Å²) >= 11 is 0. The molecular weight excluding hydrogens is 333 g/mol. The van der Waals surface area contributed by atoms with E-state index in [1.54, 1.807) is 0 Å². The van der Waals surface area contributed by atoms with Crippen LogP contribution in [-0.4, -0.2) is 10.5 Å². The Morgan fingerprint density at radius 3 is 2.52 bits per heavy atom. The first-order valence-corrected chi connectivity index (χ1v) is 7.84. The summed E-state index contributed by atoms with van der Waals surface area (Å²) in [7, 11) is 0. The zero-order valence-electron chi connectivity index (χ0n) is 14.1. The summed E-state index contributed by atoms with van der Waals surface area (Å²) < 4.78 is 39.3. The lowest BCUT2D eigenvalue weighted by Crippen LogP contribution is -2.32. The Labute approximate surface area is 143 Å². The molecule has 1 aromatic heterocycles. The molecule has 1 atom stereocenters. The van der Waals surface area contributed by atoms with Gasteiger partial charge in [0.25, 0.3) is 5.56 Å². The van der Waals surface area contributed by atoms with E-state index >= 15 is 0 Å². The summed E-state index contributed by atoms with van der Waals surface area (Å²) in [5.41, 5.74) is 0.739. The zero-order chi connectivity index (χ0) is 18.8. The van der Waals surface area contributed by atoms with Gasteiger partial charge in [-0.25, -0.2) is 0 Å². The summed E-state index contributed by atoms with van der Waals surface area (Å²) in [4.78, 5) is 24.4. The third-order valence-corrected chi connectivity index (χ3v) is 4.05. The van der Waals surface area contributed by atoms with Crippen molar-refractivity contribution in [3.63, 3.8) is 0 Å². The molecule has 1 amide bonds. The lowest BCUT2D eigenvalue weighted by molar-refractivity contribution is -0.138. The SMILES string of the molecule is CCc1cccc(C)c1NC(=O)C(C)n1cc(C(F)(F)F)ccc1=O. The molecule has 4 nitrogen and oxygen atoms in total. The van der Waals surface area contributed by atoms with Crippen molar-refractivity contribution >= 4 is 11.6 Å². The van der Waals surface area contributed by atoms with E-state index < -0.39 is 29.2 Å². The highest BCUT2D eigenvalue weighted by Crippen LogP contribution is 2.29. The molecule has 1 aromatic carbocycles. The summed E-state index contributed by atoms with van der Waals surface area (Å²) in [6, 6.07) is 6.00. The summed E-state index contributed by atoms with van der Waals surface area (Å²) in [6.45, 7) is 5.15. The van der Waals surface area contributed by atoms with Crippen molar-refractivity contribution in [1.29, 1.82) is 0 Å². The molecule has 0 aliphatic heterocycles. The molecule has 0 radical (unpaired) electrons. The molecule has 0 aliphatic carbocycles. The van der Waals surface area contributed by atoms with Gasteiger partial charge in [-0.2, -0.15) is 13.2 Å². The molecule has 0 spiro atoms. The Hall–Kier alpha value is -2.57. The fourth-order valence-corrected chi connectivity index (χ4v) is 2.53. The van der Waals surface area contributed by atoms with Crippen molar-refractivity contribution in [2.75, 3.05) is 5.32 Å². The number of carbonyl (C=O) groups excluding carboxylic acids is 1. The van der Waals surface area contributed by atoms with Crippen LogP contribution in [0.2, 0.25) is 0 Å². The number of alkyl halides is 3. The molecule has 0 aliphatic rings. The fraction of sp³-hybridized carbons (Fsp3) is 0.333. The molecule has 134 valence electrons. The van der Waals surface area contributed by atoms with Crippen LogP contribution < -0.4 is 10.9 Å². The number of hydrogen-bond donors (Lipinski definition) is 1. The van der Waals surface area contributed by atoms with Crippen LogP contribution in [0.1, 0.15) is 36.6 Å². The van der Waals surface area contributed by atoms with E-state index in [1.165, 1.54) is 6.92 Å². The van der Waals surface area contributed by atoms with E-state index in [0.29, 0.717) is 24.4 Å². The second kappa shape index (κ2) is 7.13. The van der Waals surface area contributed by atoms with Crippen LogP contribution >= 0.6 is 0 Å². The predicted octanol–water partition coefficient (Wildman–Crippen LogP) is 3.94. The van der Waals surface area contributed by atoms with Gasteiger partial charge in [0.15, 0.2) is 0 Å². The molecule has 0 bridgehead atoms. The number of halogens is 3. The maximum atomic E-state index is 12.8.